The number of anilines is 1. The molecule has 1 unspecified atom stereocenters. The van der Waals surface area contributed by atoms with E-state index < -0.39 is 0 Å². The topological polar surface area (TPSA) is 37.4 Å². The van der Waals surface area contributed by atoms with Crippen molar-refractivity contribution in [3.63, 3.8) is 0 Å². The van der Waals surface area contributed by atoms with Crippen molar-refractivity contribution in [3.8, 4) is 5.88 Å². The van der Waals surface area contributed by atoms with E-state index in [0.717, 1.165) is 31.3 Å². The molecule has 1 fully saturated rings. The molecule has 0 bridgehead atoms. The summed E-state index contributed by atoms with van der Waals surface area (Å²) in [5.41, 5.74) is 0. The van der Waals surface area contributed by atoms with Crippen molar-refractivity contribution in [3.05, 3.63) is 18.2 Å². The largest absolute Gasteiger partial charge is 0.476 e. The lowest BCUT2D eigenvalue weighted by Crippen LogP contribution is -2.40. The van der Waals surface area contributed by atoms with Gasteiger partial charge in [0.25, 0.3) is 0 Å². The molecule has 106 valence electrons. The summed E-state index contributed by atoms with van der Waals surface area (Å²) in [6, 6.07) is 6.43. The fourth-order valence-electron chi connectivity index (χ4n) is 2.38. The number of hydrogen-bond donors (Lipinski definition) is 1. The molecular weight excluding hydrogens is 238 g/mol. The molecule has 1 aliphatic heterocycles. The molecule has 1 aromatic heterocycles. The highest BCUT2D eigenvalue weighted by atomic mass is 16.5. The Morgan fingerprint density at radius 2 is 2.32 bits per heavy atom. The van der Waals surface area contributed by atoms with Crippen LogP contribution in [-0.4, -0.2) is 42.7 Å². The van der Waals surface area contributed by atoms with E-state index in [1.807, 2.05) is 18.2 Å². The fraction of sp³-hybridized carbons (Fsp3) is 0.667. The molecule has 1 aliphatic rings. The summed E-state index contributed by atoms with van der Waals surface area (Å²) in [6.45, 7) is 5.01. The molecule has 4 heteroatoms. The summed E-state index contributed by atoms with van der Waals surface area (Å²) in [5.74, 6) is 1.62. The minimum Gasteiger partial charge on any atom is -0.476 e. The molecule has 2 heterocycles. The van der Waals surface area contributed by atoms with Crippen LogP contribution < -0.4 is 10.1 Å². The quantitative estimate of drug-likeness (QED) is 0.856. The average molecular weight is 263 g/mol. The van der Waals surface area contributed by atoms with Crippen LogP contribution >= 0.6 is 0 Å². The molecule has 19 heavy (non-hydrogen) atoms. The van der Waals surface area contributed by atoms with Gasteiger partial charge in [0.05, 0.1) is 0 Å². The number of hydrogen-bond acceptors (Lipinski definition) is 4. The molecule has 0 saturated carbocycles. The van der Waals surface area contributed by atoms with E-state index in [1.165, 1.54) is 25.8 Å². The molecule has 4 nitrogen and oxygen atoms in total. The maximum absolute atomic E-state index is 5.84. The van der Waals surface area contributed by atoms with Crippen molar-refractivity contribution in [2.45, 2.75) is 38.6 Å². The number of ether oxygens (including phenoxy) is 1. The number of pyridine rings is 1. The zero-order chi connectivity index (χ0) is 13.5. The first kappa shape index (κ1) is 14.1. The van der Waals surface area contributed by atoms with Crippen LogP contribution in [0.4, 0.5) is 5.82 Å². The van der Waals surface area contributed by atoms with Crippen LogP contribution in [0, 0.1) is 0 Å². The number of likely N-dealkylation sites (tertiary alicyclic amines) is 1. The summed E-state index contributed by atoms with van der Waals surface area (Å²) < 4.78 is 5.84. The van der Waals surface area contributed by atoms with Gasteiger partial charge in [-0.25, -0.2) is 0 Å². The third-order valence-electron chi connectivity index (χ3n) is 3.62. The third kappa shape index (κ3) is 4.39. The monoisotopic (exact) mass is 263 g/mol. The second-order valence-electron chi connectivity index (χ2n) is 5.23. The first-order valence-corrected chi connectivity index (χ1v) is 7.33. The van der Waals surface area contributed by atoms with Crippen molar-refractivity contribution in [1.82, 2.24) is 9.88 Å². The number of aromatic nitrogens is 1. The van der Waals surface area contributed by atoms with Crippen LogP contribution in [0.5, 0.6) is 5.88 Å². The second-order valence-corrected chi connectivity index (χ2v) is 5.23. The van der Waals surface area contributed by atoms with E-state index in [0.29, 0.717) is 6.04 Å². The van der Waals surface area contributed by atoms with Gasteiger partial charge in [-0.15, -0.1) is 0 Å². The molecule has 1 atom stereocenters. The number of likely N-dealkylation sites (N-methyl/N-ethyl adjacent to an activating group) is 1. The van der Waals surface area contributed by atoms with Crippen LogP contribution in [0.15, 0.2) is 18.2 Å². The summed E-state index contributed by atoms with van der Waals surface area (Å²) in [5, 5.41) is 3.28. The number of rotatable bonds is 6. The molecule has 1 saturated heterocycles. The molecule has 0 spiro atoms. The molecule has 0 aromatic carbocycles. The lowest BCUT2D eigenvalue weighted by molar-refractivity contribution is 0.122. The zero-order valence-corrected chi connectivity index (χ0v) is 12.1. The Balaban J connectivity index is 1.84. The van der Waals surface area contributed by atoms with Crippen LogP contribution in [0.3, 0.4) is 0 Å². The number of nitrogens with zero attached hydrogens (tertiary/aromatic N) is 2. The Kier molecular flexibility index (Phi) is 5.45. The smallest absolute Gasteiger partial charge is 0.215 e. The Hall–Kier alpha value is -1.29. The Morgan fingerprint density at radius 3 is 3.11 bits per heavy atom. The van der Waals surface area contributed by atoms with Crippen molar-refractivity contribution in [1.29, 1.82) is 0 Å². The minimum atomic E-state index is 0.530. The highest BCUT2D eigenvalue weighted by Gasteiger charge is 2.19. The van der Waals surface area contributed by atoms with Crippen LogP contribution in [0.25, 0.3) is 0 Å². The summed E-state index contributed by atoms with van der Waals surface area (Å²) in [4.78, 5) is 6.86. The maximum atomic E-state index is 5.84. The van der Waals surface area contributed by atoms with Gasteiger partial charge in [-0.2, -0.15) is 4.98 Å². The van der Waals surface area contributed by atoms with Gasteiger partial charge in [0.2, 0.25) is 5.88 Å². The van der Waals surface area contributed by atoms with Crippen LogP contribution in [-0.2, 0) is 0 Å². The van der Waals surface area contributed by atoms with Crippen molar-refractivity contribution >= 4 is 5.82 Å². The number of piperidine rings is 1. The normalized spacial score (nSPS) is 20.2. The van der Waals surface area contributed by atoms with E-state index in [2.05, 4.69) is 29.2 Å². The predicted octanol–water partition coefficient (Wildman–Crippen LogP) is 2.77. The SMILES string of the molecule is CCCNc1cccc(OCC2CCCCN2C)n1. The van der Waals surface area contributed by atoms with E-state index in [1.54, 1.807) is 0 Å². The minimum absolute atomic E-state index is 0.530. The fourth-order valence-corrected chi connectivity index (χ4v) is 2.38. The van der Waals surface area contributed by atoms with Gasteiger partial charge in [0.15, 0.2) is 0 Å². The lowest BCUT2D eigenvalue weighted by Gasteiger charge is -2.31. The first-order chi connectivity index (χ1) is 9.29. The molecular formula is C15H25N3O. The predicted molar refractivity (Wildman–Crippen MR) is 78.8 cm³/mol. The van der Waals surface area contributed by atoms with Gasteiger partial charge < -0.3 is 15.0 Å². The Bertz CT molecular complexity index is 383. The van der Waals surface area contributed by atoms with E-state index in [-0.39, 0.29) is 0 Å². The van der Waals surface area contributed by atoms with Crippen LogP contribution in [0.2, 0.25) is 0 Å². The standard InChI is InChI=1S/C15H25N3O/c1-3-10-16-14-8-6-9-15(17-14)19-12-13-7-4-5-11-18(13)2/h6,8-9,13H,3-5,7,10-12H2,1-2H3,(H,16,17). The molecule has 1 N–H and O–H groups in total. The molecule has 0 radical (unpaired) electrons. The molecule has 2 rings (SSSR count). The van der Waals surface area contributed by atoms with Gasteiger partial charge in [0, 0.05) is 18.7 Å². The highest BCUT2D eigenvalue weighted by molar-refractivity contribution is 5.36. The zero-order valence-electron chi connectivity index (χ0n) is 12.1. The highest BCUT2D eigenvalue weighted by Crippen LogP contribution is 2.17. The molecule has 0 amide bonds. The van der Waals surface area contributed by atoms with Crippen molar-refractivity contribution in [2.24, 2.45) is 0 Å². The van der Waals surface area contributed by atoms with Crippen LogP contribution in [0.1, 0.15) is 32.6 Å². The molecule has 1 aromatic rings. The van der Waals surface area contributed by atoms with Crippen molar-refractivity contribution < 1.29 is 4.74 Å². The van der Waals surface area contributed by atoms with Gasteiger partial charge in [0.1, 0.15) is 12.4 Å². The third-order valence-corrected chi connectivity index (χ3v) is 3.62. The Morgan fingerprint density at radius 1 is 1.42 bits per heavy atom. The van der Waals surface area contributed by atoms with Gasteiger partial charge in [-0.1, -0.05) is 19.4 Å². The van der Waals surface area contributed by atoms with Crippen molar-refractivity contribution in [2.75, 3.05) is 32.1 Å². The summed E-state index contributed by atoms with van der Waals surface area (Å²) in [6.07, 6.45) is 4.94. The average Bonchev–Trinajstić information content (AvgIpc) is 2.45. The maximum Gasteiger partial charge on any atom is 0.215 e. The second kappa shape index (κ2) is 7.34. The molecule has 0 aliphatic carbocycles. The summed E-state index contributed by atoms with van der Waals surface area (Å²) >= 11 is 0. The Labute approximate surface area is 116 Å². The number of nitrogens with one attached hydrogen (secondary N) is 1. The summed E-state index contributed by atoms with van der Waals surface area (Å²) in [7, 11) is 2.18. The van der Waals surface area contributed by atoms with Gasteiger partial charge in [-0.3, -0.25) is 0 Å². The van der Waals surface area contributed by atoms with Gasteiger partial charge >= 0.3 is 0 Å². The van der Waals surface area contributed by atoms with E-state index >= 15 is 0 Å². The van der Waals surface area contributed by atoms with Gasteiger partial charge in [-0.05, 0) is 38.9 Å². The van der Waals surface area contributed by atoms with E-state index in [9.17, 15) is 0 Å². The van der Waals surface area contributed by atoms with E-state index in [4.69, 9.17) is 4.74 Å². The lowest BCUT2D eigenvalue weighted by atomic mass is 10.0. The first-order valence-electron chi connectivity index (χ1n) is 7.33.